The van der Waals surface area contributed by atoms with Crippen LogP contribution in [0, 0.1) is 0 Å². The fourth-order valence-corrected chi connectivity index (χ4v) is 6.90. The highest BCUT2D eigenvalue weighted by molar-refractivity contribution is 8.00. The Morgan fingerprint density at radius 1 is 0.909 bits per heavy atom. The molecule has 1 fully saturated rings. The highest BCUT2D eigenvalue weighted by Crippen LogP contribution is 2.47. The summed E-state index contributed by atoms with van der Waals surface area (Å²) in [5, 5.41) is 0.521. The van der Waals surface area contributed by atoms with Crippen LogP contribution in [0.25, 0.3) is 0 Å². The van der Waals surface area contributed by atoms with Gasteiger partial charge in [-0.15, -0.1) is 42.8 Å². The molecule has 4 atom stereocenters. The van der Waals surface area contributed by atoms with Gasteiger partial charge in [-0.25, -0.2) is 0 Å². The Morgan fingerprint density at radius 3 is 2.30 bits per heavy atom. The van der Waals surface area contributed by atoms with Crippen LogP contribution in [0.3, 0.4) is 0 Å². The molecule has 0 aliphatic carbocycles. The minimum Gasteiger partial charge on any atom is -0.376 e. The van der Waals surface area contributed by atoms with Crippen molar-refractivity contribution >= 4 is 23.1 Å². The molecule has 0 amide bonds. The molecule has 1 aromatic carbocycles. The molecular weight excluding hydrogens is 448 g/mol. The van der Waals surface area contributed by atoms with E-state index in [1.54, 1.807) is 12.2 Å². The van der Waals surface area contributed by atoms with Gasteiger partial charge >= 0.3 is 0 Å². The van der Waals surface area contributed by atoms with E-state index in [1.165, 1.54) is 20.9 Å². The zero-order chi connectivity index (χ0) is 23.5. The second-order valence-corrected chi connectivity index (χ2v) is 10.8. The molecule has 2 aromatic rings. The number of thioether (sulfide) groups is 1. The van der Waals surface area contributed by atoms with Gasteiger partial charge in [-0.1, -0.05) is 49.4 Å². The Morgan fingerprint density at radius 2 is 1.61 bits per heavy atom. The van der Waals surface area contributed by atoms with Crippen molar-refractivity contribution in [1.82, 2.24) is 0 Å². The molecule has 0 N–H and O–H groups in total. The average molecular weight is 485 g/mol. The summed E-state index contributed by atoms with van der Waals surface area (Å²) in [6, 6.07) is 13.5. The standard InChI is InChI=1S/C28H36O3S2/c1-5-15-29-20-24-19-25(30-16-6-2)27(31-17-7-3)28(33-24)26-14-13-23(32-26)18-22-11-9-21(8-4)10-12-22/h5-7,9-14,24-25,27-28H,1-3,8,15-20H2,4H3/t24-,25-,27+,28-/m0/s1. The maximum atomic E-state index is 6.29. The lowest BCUT2D eigenvalue weighted by Gasteiger charge is -2.40. The molecule has 0 spiro atoms. The van der Waals surface area contributed by atoms with Crippen LogP contribution in [0.4, 0.5) is 0 Å². The number of aryl methyl sites for hydroxylation is 1. The summed E-state index contributed by atoms with van der Waals surface area (Å²) in [4.78, 5) is 2.70. The lowest BCUT2D eigenvalue weighted by molar-refractivity contribution is -0.0681. The second-order valence-electron chi connectivity index (χ2n) is 8.14. The van der Waals surface area contributed by atoms with Crippen molar-refractivity contribution < 1.29 is 14.2 Å². The van der Waals surface area contributed by atoms with Gasteiger partial charge in [0.05, 0.1) is 37.8 Å². The summed E-state index contributed by atoms with van der Waals surface area (Å²) in [7, 11) is 0. The van der Waals surface area contributed by atoms with Gasteiger partial charge in [0.2, 0.25) is 0 Å². The van der Waals surface area contributed by atoms with Crippen molar-refractivity contribution in [2.45, 2.75) is 48.9 Å². The molecule has 33 heavy (non-hydrogen) atoms. The third-order valence-corrected chi connectivity index (χ3v) is 8.49. The van der Waals surface area contributed by atoms with Gasteiger partial charge in [-0.05, 0) is 36.1 Å². The summed E-state index contributed by atoms with van der Waals surface area (Å²) in [5.74, 6) is 0. The van der Waals surface area contributed by atoms with Crippen LogP contribution in [-0.4, -0.2) is 43.9 Å². The van der Waals surface area contributed by atoms with Gasteiger partial charge < -0.3 is 14.2 Å². The van der Waals surface area contributed by atoms with Crippen molar-refractivity contribution in [2.75, 3.05) is 26.4 Å². The monoisotopic (exact) mass is 484 g/mol. The Bertz CT molecular complexity index is 874. The molecule has 1 aliphatic rings. The van der Waals surface area contributed by atoms with Crippen LogP contribution in [0.1, 0.15) is 39.5 Å². The highest BCUT2D eigenvalue weighted by atomic mass is 32.2. The van der Waals surface area contributed by atoms with Gasteiger partial charge in [0.25, 0.3) is 0 Å². The first kappa shape index (κ1) is 26.0. The predicted octanol–water partition coefficient (Wildman–Crippen LogP) is 6.79. The molecule has 0 unspecified atom stereocenters. The number of rotatable bonds is 14. The summed E-state index contributed by atoms with van der Waals surface area (Å²) < 4.78 is 18.3. The van der Waals surface area contributed by atoms with E-state index < -0.39 is 0 Å². The Balaban J connectivity index is 1.79. The first-order valence-electron chi connectivity index (χ1n) is 11.6. The van der Waals surface area contributed by atoms with E-state index in [1.807, 2.05) is 29.2 Å². The Hall–Kier alpha value is -1.63. The van der Waals surface area contributed by atoms with E-state index >= 15 is 0 Å². The van der Waals surface area contributed by atoms with E-state index in [0.29, 0.717) is 31.7 Å². The SMILES string of the molecule is C=CCOC[C@@H]1C[C@H](OCC=C)[C@@H](OCC=C)[C@H](c2ccc(Cc3ccc(CC)cc3)s2)S1. The van der Waals surface area contributed by atoms with Crippen LogP contribution in [0.15, 0.2) is 74.4 Å². The van der Waals surface area contributed by atoms with Crippen LogP contribution in [0.5, 0.6) is 0 Å². The van der Waals surface area contributed by atoms with Crippen molar-refractivity contribution in [3.05, 3.63) is 95.2 Å². The third kappa shape index (κ3) is 7.69. The number of benzene rings is 1. The molecule has 178 valence electrons. The Labute approximate surface area is 207 Å². The normalized spacial score (nSPS) is 22.7. The van der Waals surface area contributed by atoms with Crippen LogP contribution < -0.4 is 0 Å². The van der Waals surface area contributed by atoms with Crippen molar-refractivity contribution in [2.24, 2.45) is 0 Å². The second kappa shape index (κ2) is 13.9. The van der Waals surface area contributed by atoms with Crippen molar-refractivity contribution in [1.29, 1.82) is 0 Å². The Kier molecular flexibility index (Phi) is 11.0. The number of hydrogen-bond donors (Lipinski definition) is 0. The first-order valence-corrected chi connectivity index (χ1v) is 13.4. The van der Waals surface area contributed by atoms with Gasteiger partial charge in [0, 0.05) is 21.4 Å². The number of hydrogen-bond acceptors (Lipinski definition) is 5. The lowest BCUT2D eigenvalue weighted by atomic mass is 10.0. The molecule has 0 radical (unpaired) electrons. The number of thiophene rings is 1. The van der Waals surface area contributed by atoms with E-state index in [-0.39, 0.29) is 17.5 Å². The molecule has 0 bridgehead atoms. The highest BCUT2D eigenvalue weighted by Gasteiger charge is 2.41. The smallest absolute Gasteiger partial charge is 0.101 e. The van der Waals surface area contributed by atoms with Gasteiger partial charge in [0.1, 0.15) is 6.10 Å². The van der Waals surface area contributed by atoms with Crippen LogP contribution >= 0.6 is 23.1 Å². The first-order chi connectivity index (χ1) is 16.2. The topological polar surface area (TPSA) is 27.7 Å². The van der Waals surface area contributed by atoms with Gasteiger partial charge in [-0.3, -0.25) is 0 Å². The molecule has 2 heterocycles. The molecule has 1 aliphatic heterocycles. The predicted molar refractivity (Wildman–Crippen MR) is 143 cm³/mol. The summed E-state index contributed by atoms with van der Waals surface area (Å²) in [5.41, 5.74) is 2.72. The summed E-state index contributed by atoms with van der Waals surface area (Å²) in [6.45, 7) is 15.9. The van der Waals surface area contributed by atoms with Crippen molar-refractivity contribution in [3.63, 3.8) is 0 Å². The molecule has 3 rings (SSSR count). The molecule has 0 saturated carbocycles. The maximum Gasteiger partial charge on any atom is 0.101 e. The van der Waals surface area contributed by atoms with E-state index in [9.17, 15) is 0 Å². The zero-order valence-corrected chi connectivity index (χ0v) is 21.3. The van der Waals surface area contributed by atoms with Gasteiger partial charge in [-0.2, -0.15) is 0 Å². The lowest BCUT2D eigenvalue weighted by Crippen LogP contribution is -2.43. The van der Waals surface area contributed by atoms with E-state index in [2.05, 4.69) is 63.1 Å². The van der Waals surface area contributed by atoms with Crippen LogP contribution in [-0.2, 0) is 27.1 Å². The fourth-order valence-electron chi connectivity index (χ4n) is 4.01. The zero-order valence-electron chi connectivity index (χ0n) is 19.6. The molecule has 1 saturated heterocycles. The minimum absolute atomic E-state index is 0.0151. The summed E-state index contributed by atoms with van der Waals surface area (Å²) in [6.07, 6.45) is 8.26. The van der Waals surface area contributed by atoms with E-state index in [0.717, 1.165) is 19.3 Å². The molecule has 3 nitrogen and oxygen atoms in total. The largest absolute Gasteiger partial charge is 0.376 e. The molecule has 5 heteroatoms. The summed E-state index contributed by atoms with van der Waals surface area (Å²) >= 11 is 3.82. The molecule has 1 aromatic heterocycles. The minimum atomic E-state index is -0.0426. The van der Waals surface area contributed by atoms with Crippen LogP contribution in [0.2, 0.25) is 0 Å². The van der Waals surface area contributed by atoms with E-state index in [4.69, 9.17) is 14.2 Å². The van der Waals surface area contributed by atoms with Gasteiger partial charge in [0.15, 0.2) is 0 Å². The average Bonchev–Trinajstić information content (AvgIpc) is 3.30. The number of ether oxygens (including phenoxy) is 3. The maximum absolute atomic E-state index is 6.29. The van der Waals surface area contributed by atoms with Crippen molar-refractivity contribution in [3.8, 4) is 0 Å². The molecular formula is C28H36O3S2. The third-order valence-electron chi connectivity index (χ3n) is 5.65. The quantitative estimate of drug-likeness (QED) is 0.218. The fraction of sp³-hybridized carbons (Fsp3) is 0.429.